The molecular formula is C14H9F4N3. The lowest BCUT2D eigenvalue weighted by Crippen LogP contribution is -2.08. The zero-order chi connectivity index (χ0) is 15.2. The Morgan fingerprint density at radius 1 is 1.05 bits per heavy atom. The van der Waals surface area contributed by atoms with Crippen molar-refractivity contribution in [2.75, 3.05) is 0 Å². The number of fused-ring (bicyclic) bond motifs is 1. The molecule has 2 heterocycles. The molecule has 3 rings (SSSR count). The summed E-state index contributed by atoms with van der Waals surface area (Å²) < 4.78 is 51.4. The third-order valence-electron chi connectivity index (χ3n) is 3.03. The summed E-state index contributed by atoms with van der Waals surface area (Å²) in [5.41, 5.74) is 0.593. The predicted molar refractivity (Wildman–Crippen MR) is 69.0 cm³/mol. The molecule has 0 aliphatic heterocycles. The van der Waals surface area contributed by atoms with Crippen LogP contribution in [-0.2, 0) is 6.18 Å². The van der Waals surface area contributed by atoms with Gasteiger partial charge in [0.05, 0.1) is 11.1 Å². The molecule has 0 unspecified atom stereocenters. The van der Waals surface area contributed by atoms with Crippen LogP contribution in [0.2, 0.25) is 0 Å². The number of nitrogens with one attached hydrogen (secondary N) is 1. The largest absolute Gasteiger partial charge is 0.419 e. The molecule has 0 saturated carbocycles. The van der Waals surface area contributed by atoms with Gasteiger partial charge < -0.3 is 4.98 Å². The highest BCUT2D eigenvalue weighted by atomic mass is 19.4. The van der Waals surface area contributed by atoms with Crippen LogP contribution in [0.15, 0.2) is 30.3 Å². The van der Waals surface area contributed by atoms with Gasteiger partial charge in [-0.1, -0.05) is 0 Å². The van der Waals surface area contributed by atoms with E-state index in [4.69, 9.17) is 0 Å². The van der Waals surface area contributed by atoms with Gasteiger partial charge in [-0.2, -0.15) is 13.2 Å². The van der Waals surface area contributed by atoms with E-state index >= 15 is 0 Å². The second-order valence-corrected chi connectivity index (χ2v) is 4.60. The van der Waals surface area contributed by atoms with Crippen molar-refractivity contribution in [3.05, 3.63) is 47.4 Å². The van der Waals surface area contributed by atoms with Crippen molar-refractivity contribution in [3.63, 3.8) is 0 Å². The number of benzene rings is 1. The number of aromatic nitrogens is 3. The quantitative estimate of drug-likeness (QED) is 0.687. The Morgan fingerprint density at radius 3 is 2.52 bits per heavy atom. The van der Waals surface area contributed by atoms with Gasteiger partial charge in [0.15, 0.2) is 5.65 Å². The normalized spacial score (nSPS) is 12.0. The Balaban J connectivity index is 2.14. The Morgan fingerprint density at radius 2 is 1.81 bits per heavy atom. The van der Waals surface area contributed by atoms with Crippen molar-refractivity contribution in [1.29, 1.82) is 0 Å². The summed E-state index contributed by atoms with van der Waals surface area (Å²) in [4.78, 5) is 11.2. The van der Waals surface area contributed by atoms with Crippen LogP contribution in [0.1, 0.15) is 11.3 Å². The van der Waals surface area contributed by atoms with Gasteiger partial charge in [0, 0.05) is 11.3 Å². The summed E-state index contributed by atoms with van der Waals surface area (Å²) in [5.74, 6) is -1.09. The zero-order valence-corrected chi connectivity index (χ0v) is 10.8. The Labute approximate surface area is 116 Å². The first-order chi connectivity index (χ1) is 9.84. The molecule has 21 heavy (non-hydrogen) atoms. The topological polar surface area (TPSA) is 41.6 Å². The number of rotatable bonds is 1. The van der Waals surface area contributed by atoms with Crippen LogP contribution in [0.25, 0.3) is 22.6 Å². The molecule has 3 aromatic rings. The molecule has 1 N–H and O–H groups in total. The van der Waals surface area contributed by atoms with Gasteiger partial charge in [-0.3, -0.25) is 0 Å². The van der Waals surface area contributed by atoms with Gasteiger partial charge >= 0.3 is 6.18 Å². The molecule has 0 aliphatic carbocycles. The lowest BCUT2D eigenvalue weighted by atomic mass is 10.1. The minimum absolute atomic E-state index is 0.152. The number of hydrogen-bond acceptors (Lipinski definition) is 2. The third kappa shape index (κ3) is 2.46. The highest BCUT2D eigenvalue weighted by Crippen LogP contribution is 2.34. The van der Waals surface area contributed by atoms with Crippen LogP contribution in [0.3, 0.4) is 0 Å². The van der Waals surface area contributed by atoms with Crippen LogP contribution in [0, 0.1) is 12.7 Å². The van der Waals surface area contributed by atoms with Crippen LogP contribution < -0.4 is 0 Å². The summed E-state index contributed by atoms with van der Waals surface area (Å²) in [6.45, 7) is 1.79. The second kappa shape index (κ2) is 4.54. The fraction of sp³-hybridized carbons (Fsp3) is 0.143. The number of aromatic amines is 1. The van der Waals surface area contributed by atoms with Crippen molar-refractivity contribution >= 4 is 11.2 Å². The fourth-order valence-corrected chi connectivity index (χ4v) is 2.01. The first-order valence-electron chi connectivity index (χ1n) is 6.05. The molecule has 0 bridgehead atoms. The van der Waals surface area contributed by atoms with Crippen molar-refractivity contribution in [1.82, 2.24) is 15.0 Å². The number of alkyl halides is 3. The predicted octanol–water partition coefficient (Wildman–Crippen LogP) is 4.09. The zero-order valence-electron chi connectivity index (χ0n) is 10.8. The average Bonchev–Trinajstić information content (AvgIpc) is 2.80. The first kappa shape index (κ1) is 13.5. The van der Waals surface area contributed by atoms with E-state index in [0.29, 0.717) is 11.2 Å². The maximum atomic E-state index is 13.3. The summed E-state index contributed by atoms with van der Waals surface area (Å²) in [5, 5.41) is 0. The molecule has 2 aromatic heterocycles. The monoisotopic (exact) mass is 295 g/mol. The van der Waals surface area contributed by atoms with E-state index in [2.05, 4.69) is 15.0 Å². The minimum Gasteiger partial charge on any atom is -0.337 e. The van der Waals surface area contributed by atoms with Crippen molar-refractivity contribution in [2.45, 2.75) is 13.1 Å². The molecule has 0 spiro atoms. The summed E-state index contributed by atoms with van der Waals surface area (Å²) in [7, 11) is 0. The first-order valence-corrected chi connectivity index (χ1v) is 6.05. The van der Waals surface area contributed by atoms with E-state index in [0.717, 1.165) is 17.8 Å². The number of pyridine rings is 1. The summed E-state index contributed by atoms with van der Waals surface area (Å²) >= 11 is 0. The van der Waals surface area contributed by atoms with Crippen LogP contribution >= 0.6 is 0 Å². The summed E-state index contributed by atoms with van der Waals surface area (Å²) in [6.07, 6.45) is -4.75. The van der Waals surface area contributed by atoms with Crippen LogP contribution in [0.4, 0.5) is 17.6 Å². The Kier molecular flexibility index (Phi) is 2.93. The standard InChI is InChI=1S/C14H9F4N3/c1-7-2-5-11-13(19-7)21-12(20-11)8-3-4-10(15)9(6-8)14(16,17)18/h2-6H,1H3,(H,19,20,21). The van der Waals surface area contributed by atoms with E-state index < -0.39 is 17.6 Å². The lowest BCUT2D eigenvalue weighted by molar-refractivity contribution is -0.139. The van der Waals surface area contributed by atoms with Crippen LogP contribution in [0.5, 0.6) is 0 Å². The molecule has 0 radical (unpaired) electrons. The number of nitrogens with zero attached hydrogens (tertiary/aromatic N) is 2. The molecular weight excluding hydrogens is 286 g/mol. The highest BCUT2D eigenvalue weighted by molar-refractivity contribution is 5.76. The van der Waals surface area contributed by atoms with E-state index in [9.17, 15) is 17.6 Å². The van der Waals surface area contributed by atoms with Crippen molar-refractivity contribution < 1.29 is 17.6 Å². The molecule has 0 saturated heterocycles. The van der Waals surface area contributed by atoms with Crippen molar-refractivity contribution in [3.8, 4) is 11.4 Å². The van der Waals surface area contributed by atoms with Crippen LogP contribution in [-0.4, -0.2) is 15.0 Å². The van der Waals surface area contributed by atoms with Gasteiger partial charge in [-0.25, -0.2) is 14.4 Å². The molecule has 1 aromatic carbocycles. The molecule has 0 amide bonds. The van der Waals surface area contributed by atoms with Gasteiger partial charge in [0.25, 0.3) is 0 Å². The molecule has 3 nitrogen and oxygen atoms in total. The number of halogens is 4. The maximum Gasteiger partial charge on any atom is 0.419 e. The SMILES string of the molecule is Cc1ccc2[nH]c(-c3ccc(F)c(C(F)(F)F)c3)nc2n1. The van der Waals surface area contributed by atoms with Gasteiger partial charge in [-0.05, 0) is 37.3 Å². The minimum atomic E-state index is -4.75. The Hall–Kier alpha value is -2.44. The molecule has 0 aliphatic rings. The number of H-pyrrole nitrogens is 1. The fourth-order valence-electron chi connectivity index (χ4n) is 2.01. The highest BCUT2D eigenvalue weighted by Gasteiger charge is 2.34. The molecule has 7 heteroatoms. The Bertz CT molecular complexity index is 821. The number of aryl methyl sites for hydroxylation is 1. The van der Waals surface area contributed by atoms with E-state index in [-0.39, 0.29) is 11.4 Å². The third-order valence-corrected chi connectivity index (χ3v) is 3.03. The summed E-state index contributed by atoms with van der Waals surface area (Å²) in [6, 6.07) is 6.26. The molecule has 0 fully saturated rings. The van der Waals surface area contributed by atoms with E-state index in [1.54, 1.807) is 19.1 Å². The van der Waals surface area contributed by atoms with Gasteiger partial charge in [0.1, 0.15) is 11.6 Å². The average molecular weight is 295 g/mol. The van der Waals surface area contributed by atoms with E-state index in [1.165, 1.54) is 6.07 Å². The lowest BCUT2D eigenvalue weighted by Gasteiger charge is -2.08. The molecule has 0 atom stereocenters. The second-order valence-electron chi connectivity index (χ2n) is 4.60. The van der Waals surface area contributed by atoms with Gasteiger partial charge in [-0.15, -0.1) is 0 Å². The number of imidazole rings is 1. The van der Waals surface area contributed by atoms with Gasteiger partial charge in [0.2, 0.25) is 0 Å². The van der Waals surface area contributed by atoms with Crippen molar-refractivity contribution in [2.24, 2.45) is 0 Å². The van der Waals surface area contributed by atoms with E-state index in [1.807, 2.05) is 0 Å². The number of hydrogen-bond donors (Lipinski definition) is 1. The molecule has 108 valence electrons. The smallest absolute Gasteiger partial charge is 0.337 e. The maximum absolute atomic E-state index is 13.3.